The summed E-state index contributed by atoms with van der Waals surface area (Å²) < 4.78 is 12.6. The van der Waals surface area contributed by atoms with E-state index in [-0.39, 0.29) is 12.3 Å². The van der Waals surface area contributed by atoms with Crippen LogP contribution < -0.4 is 4.74 Å². The summed E-state index contributed by atoms with van der Waals surface area (Å²) in [5.41, 5.74) is 1.04. The van der Waals surface area contributed by atoms with Gasteiger partial charge in [0.25, 0.3) is 5.69 Å². The van der Waals surface area contributed by atoms with Crippen molar-refractivity contribution in [3.05, 3.63) is 52.3 Å². The van der Waals surface area contributed by atoms with Crippen LogP contribution in [0.5, 0.6) is 5.75 Å². The molecule has 0 spiro atoms. The van der Waals surface area contributed by atoms with Crippen LogP contribution >= 0.6 is 11.8 Å². The highest BCUT2D eigenvalue weighted by molar-refractivity contribution is 7.98. The number of nitro groups is 1. The number of nitro benzene ring substituents is 1. The van der Waals surface area contributed by atoms with Crippen molar-refractivity contribution >= 4 is 23.5 Å². The summed E-state index contributed by atoms with van der Waals surface area (Å²) in [5, 5.41) is 18.8. The summed E-state index contributed by atoms with van der Waals surface area (Å²) in [6.45, 7) is 4.78. The Morgan fingerprint density at radius 2 is 2.33 bits per heavy atom. The standard InChI is InChI=1S/C15H18N4O4S/c1-3-12-8-14(4-5-15(12)19(20)21)23-10-13-9-18(17-16-13)11-22-6-7-24-2/h3-5,8-9H,1,6-7,10-11H2,2H3. The molecular weight excluding hydrogens is 332 g/mol. The van der Waals surface area contributed by atoms with Gasteiger partial charge in [-0.05, 0) is 18.4 Å². The summed E-state index contributed by atoms with van der Waals surface area (Å²) in [6, 6.07) is 4.50. The average Bonchev–Trinajstić information content (AvgIpc) is 3.04. The zero-order valence-electron chi connectivity index (χ0n) is 13.3. The van der Waals surface area contributed by atoms with Crippen molar-refractivity contribution in [3.63, 3.8) is 0 Å². The SMILES string of the molecule is C=Cc1cc(OCc2cn(COCCSC)nn2)ccc1[N+](=O)[O-]. The van der Waals surface area contributed by atoms with Crippen molar-refractivity contribution in [2.75, 3.05) is 18.6 Å². The molecule has 0 aliphatic carbocycles. The van der Waals surface area contributed by atoms with E-state index in [1.54, 1.807) is 34.8 Å². The normalized spacial score (nSPS) is 10.5. The molecule has 2 aromatic rings. The van der Waals surface area contributed by atoms with Gasteiger partial charge in [-0.2, -0.15) is 11.8 Å². The Morgan fingerprint density at radius 1 is 1.50 bits per heavy atom. The van der Waals surface area contributed by atoms with Crippen molar-refractivity contribution in [1.29, 1.82) is 0 Å². The first-order valence-electron chi connectivity index (χ1n) is 7.13. The lowest BCUT2D eigenvalue weighted by molar-refractivity contribution is -0.385. The van der Waals surface area contributed by atoms with Gasteiger partial charge >= 0.3 is 0 Å². The molecule has 128 valence electrons. The molecule has 1 heterocycles. The molecule has 0 bridgehead atoms. The zero-order chi connectivity index (χ0) is 17.4. The first kappa shape index (κ1) is 18.0. The fourth-order valence-electron chi connectivity index (χ4n) is 1.88. The molecule has 0 unspecified atom stereocenters. The maximum absolute atomic E-state index is 10.9. The van der Waals surface area contributed by atoms with Gasteiger partial charge in [0.05, 0.1) is 23.3 Å². The predicted octanol–water partition coefficient (Wildman–Crippen LogP) is 2.75. The van der Waals surface area contributed by atoms with Crippen molar-refractivity contribution in [2.45, 2.75) is 13.3 Å². The van der Waals surface area contributed by atoms with E-state index in [0.29, 0.717) is 30.3 Å². The van der Waals surface area contributed by atoms with Gasteiger partial charge in [-0.3, -0.25) is 10.1 Å². The van der Waals surface area contributed by atoms with Crippen molar-refractivity contribution in [3.8, 4) is 5.75 Å². The first-order chi connectivity index (χ1) is 11.6. The minimum atomic E-state index is -0.455. The molecule has 1 aromatic heterocycles. The van der Waals surface area contributed by atoms with Crippen LogP contribution in [0.1, 0.15) is 11.3 Å². The van der Waals surface area contributed by atoms with Gasteiger partial charge in [0, 0.05) is 11.8 Å². The lowest BCUT2D eigenvalue weighted by atomic mass is 10.1. The third-order valence-electron chi connectivity index (χ3n) is 3.04. The van der Waals surface area contributed by atoms with E-state index >= 15 is 0 Å². The van der Waals surface area contributed by atoms with E-state index in [4.69, 9.17) is 9.47 Å². The van der Waals surface area contributed by atoms with Crippen LogP contribution in [0.25, 0.3) is 6.08 Å². The molecule has 0 radical (unpaired) electrons. The number of hydrogen-bond acceptors (Lipinski definition) is 7. The smallest absolute Gasteiger partial charge is 0.276 e. The molecule has 9 heteroatoms. The highest BCUT2D eigenvalue weighted by atomic mass is 32.2. The zero-order valence-corrected chi connectivity index (χ0v) is 14.1. The van der Waals surface area contributed by atoms with Crippen LogP contribution in [0.4, 0.5) is 5.69 Å². The summed E-state index contributed by atoms with van der Waals surface area (Å²) in [6.07, 6.45) is 5.18. The van der Waals surface area contributed by atoms with Gasteiger partial charge in [-0.25, -0.2) is 4.68 Å². The Bertz CT molecular complexity index is 705. The second kappa shape index (κ2) is 9.04. The van der Waals surface area contributed by atoms with Gasteiger partial charge in [0.2, 0.25) is 0 Å². The number of benzene rings is 1. The molecule has 1 aromatic carbocycles. The molecule has 0 aliphatic rings. The van der Waals surface area contributed by atoms with Crippen molar-refractivity contribution in [1.82, 2.24) is 15.0 Å². The first-order valence-corrected chi connectivity index (χ1v) is 8.52. The molecule has 8 nitrogen and oxygen atoms in total. The second-order valence-electron chi connectivity index (χ2n) is 4.75. The average molecular weight is 350 g/mol. The van der Waals surface area contributed by atoms with Gasteiger partial charge < -0.3 is 9.47 Å². The molecule has 0 atom stereocenters. The van der Waals surface area contributed by atoms with Crippen LogP contribution in [0.3, 0.4) is 0 Å². The molecule has 0 fully saturated rings. The Hall–Kier alpha value is -2.39. The molecule has 0 saturated carbocycles. The lowest BCUT2D eigenvalue weighted by Gasteiger charge is -2.05. The van der Waals surface area contributed by atoms with E-state index in [0.717, 1.165) is 5.75 Å². The maximum Gasteiger partial charge on any atom is 0.276 e. The number of aromatic nitrogens is 3. The summed E-state index contributed by atoms with van der Waals surface area (Å²) in [5.74, 6) is 1.43. The number of rotatable bonds is 10. The lowest BCUT2D eigenvalue weighted by Crippen LogP contribution is -2.05. The number of nitrogens with zero attached hydrogens (tertiary/aromatic N) is 4. The van der Waals surface area contributed by atoms with Gasteiger partial charge in [0.1, 0.15) is 24.8 Å². The van der Waals surface area contributed by atoms with Crippen LogP contribution in [0.15, 0.2) is 31.0 Å². The second-order valence-corrected chi connectivity index (χ2v) is 5.74. The van der Waals surface area contributed by atoms with Crippen molar-refractivity contribution in [2.24, 2.45) is 0 Å². The largest absolute Gasteiger partial charge is 0.487 e. The molecule has 2 rings (SSSR count). The number of ether oxygens (including phenoxy) is 2. The summed E-state index contributed by atoms with van der Waals surface area (Å²) in [4.78, 5) is 10.4. The van der Waals surface area contributed by atoms with Gasteiger partial charge in [-0.15, -0.1) is 5.10 Å². The van der Waals surface area contributed by atoms with Gasteiger partial charge in [0.15, 0.2) is 0 Å². The minimum absolute atomic E-state index is 0.00862. The summed E-state index contributed by atoms with van der Waals surface area (Å²) >= 11 is 1.71. The molecule has 0 saturated heterocycles. The molecule has 0 N–H and O–H groups in total. The highest BCUT2D eigenvalue weighted by Gasteiger charge is 2.12. The predicted molar refractivity (Wildman–Crippen MR) is 91.9 cm³/mol. The van der Waals surface area contributed by atoms with E-state index in [9.17, 15) is 10.1 Å². The van der Waals surface area contributed by atoms with E-state index in [2.05, 4.69) is 16.9 Å². The Labute approximate surface area is 143 Å². The molecule has 0 aliphatic heterocycles. The molecule has 0 amide bonds. The van der Waals surface area contributed by atoms with Gasteiger partial charge in [-0.1, -0.05) is 17.9 Å². The van der Waals surface area contributed by atoms with Crippen LogP contribution in [-0.4, -0.2) is 38.5 Å². The third kappa shape index (κ3) is 5.07. The third-order valence-corrected chi connectivity index (χ3v) is 3.62. The monoisotopic (exact) mass is 350 g/mol. The molecule has 24 heavy (non-hydrogen) atoms. The number of thioether (sulfide) groups is 1. The van der Waals surface area contributed by atoms with Crippen LogP contribution in [0.2, 0.25) is 0 Å². The fraction of sp³-hybridized carbons (Fsp3) is 0.333. The van der Waals surface area contributed by atoms with Crippen molar-refractivity contribution < 1.29 is 14.4 Å². The highest BCUT2D eigenvalue weighted by Crippen LogP contribution is 2.25. The van der Waals surface area contributed by atoms with E-state index in [1.807, 2.05) is 6.26 Å². The Morgan fingerprint density at radius 3 is 3.04 bits per heavy atom. The maximum atomic E-state index is 10.9. The Balaban J connectivity index is 1.90. The minimum Gasteiger partial charge on any atom is -0.487 e. The van der Waals surface area contributed by atoms with E-state index < -0.39 is 4.92 Å². The fourth-order valence-corrected chi connectivity index (χ4v) is 2.16. The van der Waals surface area contributed by atoms with Crippen LogP contribution in [-0.2, 0) is 18.1 Å². The van der Waals surface area contributed by atoms with Crippen LogP contribution in [0, 0.1) is 10.1 Å². The number of hydrogen-bond donors (Lipinski definition) is 0. The van der Waals surface area contributed by atoms with E-state index in [1.165, 1.54) is 12.1 Å². The topological polar surface area (TPSA) is 92.3 Å². The molecular formula is C15H18N4O4S. The quantitative estimate of drug-likeness (QED) is 0.369. The summed E-state index contributed by atoms with van der Waals surface area (Å²) in [7, 11) is 0. The Kier molecular flexibility index (Phi) is 6.76.